The maximum absolute atomic E-state index is 12.3. The number of anilines is 2. The first-order valence-electron chi connectivity index (χ1n) is 9.94. The SMILES string of the molecule is O=C(C1CCC1)N1CCN(c2ccc(N3CCCCCC3)nn2)CC1. The van der Waals surface area contributed by atoms with Crippen LogP contribution in [0.2, 0.25) is 0 Å². The van der Waals surface area contributed by atoms with Crippen LogP contribution in [0.3, 0.4) is 0 Å². The monoisotopic (exact) mass is 343 g/mol. The van der Waals surface area contributed by atoms with Crippen molar-refractivity contribution in [1.29, 1.82) is 0 Å². The quantitative estimate of drug-likeness (QED) is 0.843. The largest absolute Gasteiger partial charge is 0.355 e. The lowest BCUT2D eigenvalue weighted by Crippen LogP contribution is -2.51. The topological polar surface area (TPSA) is 52.6 Å². The Labute approximate surface area is 150 Å². The van der Waals surface area contributed by atoms with Gasteiger partial charge in [0.05, 0.1) is 0 Å². The van der Waals surface area contributed by atoms with Gasteiger partial charge in [-0.2, -0.15) is 0 Å². The minimum Gasteiger partial charge on any atom is -0.355 e. The molecular formula is C19H29N5O. The van der Waals surface area contributed by atoms with E-state index in [9.17, 15) is 4.79 Å². The van der Waals surface area contributed by atoms with Crippen LogP contribution < -0.4 is 9.80 Å². The van der Waals surface area contributed by atoms with Gasteiger partial charge in [0, 0.05) is 45.2 Å². The Bertz CT molecular complexity index is 570. The maximum Gasteiger partial charge on any atom is 0.225 e. The fourth-order valence-electron chi connectivity index (χ4n) is 4.02. The molecule has 0 bridgehead atoms. The van der Waals surface area contributed by atoms with Gasteiger partial charge >= 0.3 is 0 Å². The van der Waals surface area contributed by atoms with Gasteiger partial charge in [-0.05, 0) is 37.8 Å². The van der Waals surface area contributed by atoms with E-state index in [-0.39, 0.29) is 0 Å². The Morgan fingerprint density at radius 1 is 0.760 bits per heavy atom. The number of hydrogen-bond acceptors (Lipinski definition) is 5. The molecule has 0 spiro atoms. The summed E-state index contributed by atoms with van der Waals surface area (Å²) in [5.74, 6) is 2.62. The maximum atomic E-state index is 12.3. The Kier molecular flexibility index (Phi) is 5.04. The van der Waals surface area contributed by atoms with Gasteiger partial charge in [-0.15, -0.1) is 10.2 Å². The van der Waals surface area contributed by atoms with Crippen LogP contribution in [0.1, 0.15) is 44.9 Å². The number of carbonyl (C=O) groups excluding carboxylic acids is 1. The smallest absolute Gasteiger partial charge is 0.225 e. The van der Waals surface area contributed by atoms with Crippen molar-refractivity contribution in [3.63, 3.8) is 0 Å². The molecule has 1 aromatic heterocycles. The second-order valence-electron chi connectivity index (χ2n) is 7.59. The average Bonchev–Trinajstić information content (AvgIpc) is 2.90. The van der Waals surface area contributed by atoms with Gasteiger partial charge in [-0.1, -0.05) is 19.3 Å². The van der Waals surface area contributed by atoms with E-state index in [0.717, 1.165) is 63.7 Å². The number of piperazine rings is 1. The third-order valence-corrected chi connectivity index (χ3v) is 5.94. The predicted octanol–water partition coefficient (Wildman–Crippen LogP) is 2.31. The van der Waals surface area contributed by atoms with Crippen molar-refractivity contribution in [2.45, 2.75) is 44.9 Å². The van der Waals surface area contributed by atoms with Gasteiger partial charge < -0.3 is 14.7 Å². The van der Waals surface area contributed by atoms with Gasteiger partial charge in [0.25, 0.3) is 0 Å². The summed E-state index contributed by atoms with van der Waals surface area (Å²) in [5.41, 5.74) is 0. The predicted molar refractivity (Wildman–Crippen MR) is 98.8 cm³/mol. The summed E-state index contributed by atoms with van der Waals surface area (Å²) in [7, 11) is 0. The number of nitrogens with zero attached hydrogens (tertiary/aromatic N) is 5. The number of amides is 1. The van der Waals surface area contributed by atoms with Crippen molar-refractivity contribution < 1.29 is 4.79 Å². The molecule has 25 heavy (non-hydrogen) atoms. The van der Waals surface area contributed by atoms with Crippen LogP contribution in [-0.4, -0.2) is 60.3 Å². The minimum atomic E-state index is 0.305. The van der Waals surface area contributed by atoms with Crippen LogP contribution in [-0.2, 0) is 4.79 Å². The third-order valence-electron chi connectivity index (χ3n) is 5.94. The van der Waals surface area contributed by atoms with Crippen molar-refractivity contribution in [3.8, 4) is 0 Å². The Morgan fingerprint density at radius 3 is 1.80 bits per heavy atom. The lowest BCUT2D eigenvalue weighted by atomic mass is 9.84. The van der Waals surface area contributed by atoms with Crippen molar-refractivity contribution in [2.75, 3.05) is 49.1 Å². The highest BCUT2D eigenvalue weighted by Gasteiger charge is 2.31. The standard InChI is InChI=1S/C19H29N5O/c25-19(16-6-5-7-16)24-14-12-23(13-15-24)18-9-8-17(20-21-18)22-10-3-1-2-4-11-22/h8-9,16H,1-7,10-15H2. The third kappa shape index (κ3) is 3.72. The Hall–Kier alpha value is -1.85. The molecule has 0 aromatic carbocycles. The second kappa shape index (κ2) is 7.58. The summed E-state index contributed by atoms with van der Waals surface area (Å²) in [6.45, 7) is 5.52. The van der Waals surface area contributed by atoms with Crippen molar-refractivity contribution in [2.24, 2.45) is 5.92 Å². The van der Waals surface area contributed by atoms with Crippen LogP contribution in [0.25, 0.3) is 0 Å². The van der Waals surface area contributed by atoms with Gasteiger partial charge in [0.1, 0.15) is 0 Å². The van der Waals surface area contributed by atoms with E-state index in [4.69, 9.17) is 0 Å². The van der Waals surface area contributed by atoms with Gasteiger partial charge in [0.15, 0.2) is 11.6 Å². The highest BCUT2D eigenvalue weighted by atomic mass is 16.2. The molecule has 2 saturated heterocycles. The molecule has 1 aromatic rings. The van der Waals surface area contributed by atoms with Gasteiger partial charge in [-0.25, -0.2) is 0 Å². The van der Waals surface area contributed by atoms with E-state index in [1.54, 1.807) is 0 Å². The lowest BCUT2D eigenvalue weighted by molar-refractivity contribution is -0.138. The van der Waals surface area contributed by atoms with Crippen LogP contribution in [0.4, 0.5) is 11.6 Å². The first-order valence-corrected chi connectivity index (χ1v) is 9.94. The molecule has 3 aliphatic rings. The molecule has 1 amide bonds. The summed E-state index contributed by atoms with van der Waals surface area (Å²) < 4.78 is 0. The molecular weight excluding hydrogens is 314 g/mol. The van der Waals surface area contributed by atoms with Gasteiger partial charge in [0.2, 0.25) is 5.91 Å². The van der Waals surface area contributed by atoms with E-state index in [0.29, 0.717) is 11.8 Å². The summed E-state index contributed by atoms with van der Waals surface area (Å²) in [6, 6.07) is 4.20. The van der Waals surface area contributed by atoms with Crippen molar-refractivity contribution in [3.05, 3.63) is 12.1 Å². The molecule has 4 rings (SSSR count). The zero-order valence-corrected chi connectivity index (χ0v) is 15.1. The molecule has 3 fully saturated rings. The fourth-order valence-corrected chi connectivity index (χ4v) is 4.02. The number of rotatable bonds is 3. The minimum absolute atomic E-state index is 0.305. The molecule has 0 radical (unpaired) electrons. The molecule has 2 aliphatic heterocycles. The first-order chi connectivity index (χ1) is 12.3. The Morgan fingerprint density at radius 2 is 1.32 bits per heavy atom. The highest BCUT2D eigenvalue weighted by molar-refractivity contribution is 5.79. The van der Waals surface area contributed by atoms with Crippen LogP contribution in [0, 0.1) is 5.92 Å². The van der Waals surface area contributed by atoms with Crippen LogP contribution >= 0.6 is 0 Å². The van der Waals surface area contributed by atoms with Gasteiger partial charge in [-0.3, -0.25) is 4.79 Å². The van der Waals surface area contributed by atoms with Crippen molar-refractivity contribution >= 4 is 17.5 Å². The zero-order valence-electron chi connectivity index (χ0n) is 15.1. The molecule has 136 valence electrons. The van der Waals surface area contributed by atoms with E-state index in [1.807, 2.05) is 4.90 Å². The number of carbonyl (C=O) groups is 1. The van der Waals surface area contributed by atoms with E-state index < -0.39 is 0 Å². The molecule has 0 atom stereocenters. The summed E-state index contributed by atoms with van der Waals surface area (Å²) in [6.07, 6.45) is 8.54. The number of hydrogen-bond donors (Lipinski definition) is 0. The second-order valence-corrected chi connectivity index (χ2v) is 7.59. The van der Waals surface area contributed by atoms with Crippen LogP contribution in [0.15, 0.2) is 12.1 Å². The number of aromatic nitrogens is 2. The molecule has 1 aliphatic carbocycles. The molecule has 6 nitrogen and oxygen atoms in total. The summed E-state index contributed by atoms with van der Waals surface area (Å²) in [4.78, 5) is 19.0. The normalized spacial score (nSPS) is 22.5. The zero-order chi connectivity index (χ0) is 17.1. The molecule has 3 heterocycles. The molecule has 1 saturated carbocycles. The average molecular weight is 343 g/mol. The summed E-state index contributed by atoms with van der Waals surface area (Å²) >= 11 is 0. The Balaban J connectivity index is 1.32. The molecule has 6 heteroatoms. The lowest BCUT2D eigenvalue weighted by Gasteiger charge is -2.38. The molecule has 0 N–H and O–H groups in total. The highest BCUT2D eigenvalue weighted by Crippen LogP contribution is 2.29. The molecule has 0 unspecified atom stereocenters. The fraction of sp³-hybridized carbons (Fsp3) is 0.737. The summed E-state index contributed by atoms with van der Waals surface area (Å²) in [5, 5.41) is 8.95. The van der Waals surface area contributed by atoms with E-state index in [2.05, 4.69) is 32.1 Å². The van der Waals surface area contributed by atoms with E-state index in [1.165, 1.54) is 32.1 Å². The van der Waals surface area contributed by atoms with Crippen LogP contribution in [0.5, 0.6) is 0 Å². The van der Waals surface area contributed by atoms with E-state index >= 15 is 0 Å². The first kappa shape index (κ1) is 16.6. The van der Waals surface area contributed by atoms with Crippen molar-refractivity contribution in [1.82, 2.24) is 15.1 Å².